The van der Waals surface area contributed by atoms with Crippen LogP contribution in [0.4, 0.5) is 5.69 Å². The number of hydrogen-bond acceptors (Lipinski definition) is 7. The zero-order valence-corrected chi connectivity index (χ0v) is 20.9. The van der Waals surface area contributed by atoms with Crippen molar-refractivity contribution >= 4 is 45.1 Å². The summed E-state index contributed by atoms with van der Waals surface area (Å²) in [5.74, 6) is 5.41. The van der Waals surface area contributed by atoms with Gasteiger partial charge in [-0.25, -0.2) is 4.98 Å². The molecule has 0 saturated carbocycles. The maximum absolute atomic E-state index is 13.2. The maximum atomic E-state index is 13.2. The van der Waals surface area contributed by atoms with Gasteiger partial charge in [0.1, 0.15) is 29.7 Å². The van der Waals surface area contributed by atoms with Gasteiger partial charge in [0, 0.05) is 24.2 Å². The van der Waals surface area contributed by atoms with E-state index in [1.807, 2.05) is 27.3 Å². The molecular weight excluding hydrogens is 484 g/mol. The molecule has 2 amide bonds. The molecule has 10 heteroatoms. The van der Waals surface area contributed by atoms with Crippen molar-refractivity contribution in [1.82, 2.24) is 14.7 Å². The van der Waals surface area contributed by atoms with Crippen molar-refractivity contribution in [2.45, 2.75) is 25.5 Å². The first kappa shape index (κ1) is 23.1. The van der Waals surface area contributed by atoms with Gasteiger partial charge in [-0.3, -0.25) is 14.0 Å². The predicted molar refractivity (Wildman–Crippen MR) is 136 cm³/mol. The summed E-state index contributed by atoms with van der Waals surface area (Å²) in [6, 6.07) is 8.32. The summed E-state index contributed by atoms with van der Waals surface area (Å²) in [6.07, 6.45) is 1.68. The first-order valence-electron chi connectivity index (χ1n) is 10.8. The normalized spacial score (nSPS) is 15.7. The molecule has 1 unspecified atom stereocenters. The number of carbonyl (C=O) groups is 2. The third-order valence-corrected chi connectivity index (χ3v) is 7.12. The highest BCUT2D eigenvalue weighted by Gasteiger charge is 2.31. The van der Waals surface area contributed by atoms with E-state index in [4.69, 9.17) is 4.74 Å². The van der Waals surface area contributed by atoms with Crippen LogP contribution in [0, 0.1) is 11.8 Å². The molecule has 1 aliphatic heterocycles. The second-order valence-corrected chi connectivity index (χ2v) is 10.4. The number of likely N-dealkylation sites (N-methyl/N-ethyl adjacent to an activating group) is 1. The first-order valence-corrected chi connectivity index (χ1v) is 12.6. The van der Waals surface area contributed by atoms with Crippen molar-refractivity contribution in [3.8, 4) is 28.2 Å². The molecule has 2 N–H and O–H groups in total. The molecule has 0 fully saturated rings. The van der Waals surface area contributed by atoms with Gasteiger partial charge >= 0.3 is 0 Å². The van der Waals surface area contributed by atoms with E-state index in [9.17, 15) is 14.7 Å². The van der Waals surface area contributed by atoms with E-state index in [0.29, 0.717) is 22.0 Å². The Morgan fingerprint density at radius 1 is 1.31 bits per heavy atom. The lowest BCUT2D eigenvalue weighted by Gasteiger charge is -2.20. The molecule has 0 saturated heterocycles. The van der Waals surface area contributed by atoms with Gasteiger partial charge in [-0.2, -0.15) is 0 Å². The van der Waals surface area contributed by atoms with Crippen molar-refractivity contribution in [3.63, 3.8) is 0 Å². The first-order chi connectivity index (χ1) is 16.7. The highest BCUT2D eigenvalue weighted by atomic mass is 32.1. The number of carbonyl (C=O) groups excluding carboxylic acids is 2. The minimum absolute atomic E-state index is 0.0146. The van der Waals surface area contributed by atoms with Crippen molar-refractivity contribution in [1.29, 1.82) is 0 Å². The molecule has 0 bridgehead atoms. The molecule has 5 rings (SSSR count). The summed E-state index contributed by atoms with van der Waals surface area (Å²) < 4.78 is 7.74. The number of nitrogens with one attached hydrogen (secondary N) is 1. The number of rotatable bonds is 3. The van der Waals surface area contributed by atoms with Gasteiger partial charge in [-0.1, -0.05) is 17.9 Å². The Hall–Kier alpha value is -3.65. The second-order valence-electron chi connectivity index (χ2n) is 8.60. The molecule has 0 spiro atoms. The third-order valence-electron chi connectivity index (χ3n) is 5.39. The van der Waals surface area contributed by atoms with Gasteiger partial charge in [0.25, 0.3) is 11.8 Å². The van der Waals surface area contributed by atoms with Crippen LogP contribution in [0.2, 0.25) is 0 Å². The molecule has 8 nitrogen and oxygen atoms in total. The van der Waals surface area contributed by atoms with Crippen molar-refractivity contribution in [2.24, 2.45) is 0 Å². The fourth-order valence-corrected chi connectivity index (χ4v) is 5.32. The lowest BCUT2D eigenvalue weighted by Crippen LogP contribution is -2.49. The molecule has 1 aliphatic rings. The number of thiophene rings is 1. The van der Waals surface area contributed by atoms with E-state index in [-0.39, 0.29) is 18.2 Å². The van der Waals surface area contributed by atoms with Crippen molar-refractivity contribution in [2.75, 3.05) is 18.6 Å². The number of fused-ring (bicyclic) bond motifs is 2. The number of ether oxygens (including phenoxy) is 1. The largest absolute Gasteiger partial charge is 0.489 e. The van der Waals surface area contributed by atoms with Crippen LogP contribution in [0.3, 0.4) is 0 Å². The average molecular weight is 507 g/mol. The van der Waals surface area contributed by atoms with Crippen LogP contribution in [-0.4, -0.2) is 51.6 Å². The predicted octanol–water partition coefficient (Wildman–Crippen LogP) is 3.40. The number of nitrogens with zero attached hydrogens (tertiary/aromatic N) is 3. The molecule has 0 radical (unpaired) electrons. The Kier molecular flexibility index (Phi) is 5.84. The molecule has 1 aromatic carbocycles. The molecule has 4 aromatic rings. The lowest BCUT2D eigenvalue weighted by atomic mass is 10.1. The number of imidazole rings is 1. The van der Waals surface area contributed by atoms with E-state index in [0.717, 1.165) is 10.6 Å². The third kappa shape index (κ3) is 4.66. The van der Waals surface area contributed by atoms with Crippen molar-refractivity contribution < 1.29 is 19.4 Å². The van der Waals surface area contributed by atoms with Crippen LogP contribution in [0.25, 0.3) is 15.5 Å². The Morgan fingerprint density at radius 3 is 2.89 bits per heavy atom. The van der Waals surface area contributed by atoms with Crippen LogP contribution in [0.5, 0.6) is 5.75 Å². The summed E-state index contributed by atoms with van der Waals surface area (Å²) in [5.41, 5.74) is 1.25. The fraction of sp³-hybridized carbons (Fsp3) is 0.240. The summed E-state index contributed by atoms with van der Waals surface area (Å²) in [4.78, 5) is 33.8. The van der Waals surface area contributed by atoms with Gasteiger partial charge in [0.05, 0.1) is 16.3 Å². The molecule has 35 heavy (non-hydrogen) atoms. The molecule has 0 aliphatic carbocycles. The van der Waals surface area contributed by atoms with Crippen LogP contribution in [0.1, 0.15) is 29.9 Å². The van der Waals surface area contributed by atoms with Crippen LogP contribution in [-0.2, 0) is 4.79 Å². The van der Waals surface area contributed by atoms with Gasteiger partial charge in [0.15, 0.2) is 4.96 Å². The van der Waals surface area contributed by atoms with E-state index in [1.165, 1.54) is 16.2 Å². The Bertz CT molecular complexity index is 1490. The highest BCUT2D eigenvalue weighted by Crippen LogP contribution is 2.32. The molecular formula is C25H22N4O4S2. The maximum Gasteiger partial charge on any atom is 0.272 e. The minimum Gasteiger partial charge on any atom is -0.489 e. The smallest absolute Gasteiger partial charge is 0.272 e. The summed E-state index contributed by atoms with van der Waals surface area (Å²) in [5, 5.41) is 16.6. The van der Waals surface area contributed by atoms with E-state index >= 15 is 0 Å². The number of amides is 2. The number of thiazole rings is 1. The van der Waals surface area contributed by atoms with Crippen LogP contribution >= 0.6 is 22.7 Å². The second kappa shape index (κ2) is 8.85. The number of hydrogen-bond donors (Lipinski definition) is 2. The SMILES string of the molecule is CN1C(=O)C(NC(=O)c2cn3c(-c4cccs4)csc3n2)COc2ccc(C#CC(C)(C)O)cc21. The van der Waals surface area contributed by atoms with Crippen molar-refractivity contribution in [3.05, 3.63) is 58.5 Å². The quantitative estimate of drug-likeness (QED) is 0.415. The molecule has 3 aromatic heterocycles. The fourth-order valence-electron chi connectivity index (χ4n) is 3.63. The summed E-state index contributed by atoms with van der Waals surface area (Å²) in [6.45, 7) is 3.18. The Labute approximate surface area is 209 Å². The molecule has 4 heterocycles. The summed E-state index contributed by atoms with van der Waals surface area (Å²) in [7, 11) is 1.63. The standard InChI is InChI=1S/C25H22N4O4S2/c1-25(2,32)9-8-15-6-7-20-18(11-15)28(3)23(31)17(13-33-20)26-22(30)16-12-29-19(14-35-24(29)27-16)21-5-4-10-34-21/h4-7,10-12,14,17,32H,13H2,1-3H3,(H,26,30). The van der Waals surface area contributed by atoms with E-state index < -0.39 is 17.6 Å². The number of benzene rings is 1. The van der Waals surface area contributed by atoms with E-state index in [1.54, 1.807) is 56.6 Å². The summed E-state index contributed by atoms with van der Waals surface area (Å²) >= 11 is 3.06. The van der Waals surface area contributed by atoms with Crippen LogP contribution < -0.4 is 15.0 Å². The van der Waals surface area contributed by atoms with Gasteiger partial charge in [-0.05, 0) is 43.5 Å². The van der Waals surface area contributed by atoms with Gasteiger partial charge in [0.2, 0.25) is 0 Å². The van der Waals surface area contributed by atoms with Crippen LogP contribution in [0.15, 0.2) is 47.3 Å². The number of aliphatic hydroxyl groups is 1. The topological polar surface area (TPSA) is 96.2 Å². The van der Waals surface area contributed by atoms with Gasteiger partial charge in [-0.15, -0.1) is 22.7 Å². The highest BCUT2D eigenvalue weighted by molar-refractivity contribution is 7.16. The number of anilines is 1. The Morgan fingerprint density at radius 2 is 2.14 bits per heavy atom. The number of aromatic nitrogens is 2. The minimum atomic E-state index is -1.13. The van der Waals surface area contributed by atoms with E-state index in [2.05, 4.69) is 22.1 Å². The zero-order chi connectivity index (χ0) is 24.7. The average Bonchev–Trinajstić information content (AvgIpc) is 3.55. The molecule has 178 valence electrons. The molecule has 1 atom stereocenters. The lowest BCUT2D eigenvalue weighted by molar-refractivity contribution is -0.120. The monoisotopic (exact) mass is 506 g/mol. The Balaban J connectivity index is 1.35. The zero-order valence-electron chi connectivity index (χ0n) is 19.2. The van der Waals surface area contributed by atoms with Gasteiger partial charge < -0.3 is 20.1 Å².